The quantitative estimate of drug-likeness (QED) is 0.391. The third kappa shape index (κ3) is 6.53. The summed E-state index contributed by atoms with van der Waals surface area (Å²) in [5.41, 5.74) is 3.24. The summed E-state index contributed by atoms with van der Waals surface area (Å²) >= 11 is 0. The van der Waals surface area contributed by atoms with Crippen LogP contribution in [0.1, 0.15) is 18.1 Å². The summed E-state index contributed by atoms with van der Waals surface area (Å²) in [5.74, 6) is -0.593. The number of benzene rings is 3. The number of hydrogen-bond donors (Lipinski definition) is 2. The Bertz CT molecular complexity index is 1280. The Balaban J connectivity index is 1.71. The number of nitrogens with two attached hydrogens (primary N) is 1. The summed E-state index contributed by atoms with van der Waals surface area (Å²) in [6.45, 7) is 3.70. The molecule has 0 fully saturated rings. The Kier molecular flexibility index (Phi) is 7.61. The second kappa shape index (κ2) is 10.6. The largest absolute Gasteiger partial charge is 0.367 e. The molecule has 3 rings (SSSR count). The summed E-state index contributed by atoms with van der Waals surface area (Å²) in [4.78, 5) is 14.7. The van der Waals surface area contributed by atoms with E-state index in [4.69, 9.17) is 5.14 Å². The Hall–Kier alpha value is -3.93. The molecule has 0 saturated carbocycles. The van der Waals surface area contributed by atoms with E-state index >= 15 is 0 Å². The van der Waals surface area contributed by atoms with Crippen LogP contribution in [0, 0.1) is 11.3 Å². The van der Waals surface area contributed by atoms with E-state index in [0.29, 0.717) is 11.3 Å². The van der Waals surface area contributed by atoms with Crippen LogP contribution in [0.3, 0.4) is 0 Å². The van der Waals surface area contributed by atoms with Crippen molar-refractivity contribution < 1.29 is 13.2 Å². The maximum atomic E-state index is 12.5. The first kappa shape index (κ1) is 23.7. The molecule has 0 unspecified atom stereocenters. The molecule has 0 aliphatic carbocycles. The zero-order valence-electron chi connectivity index (χ0n) is 18.1. The Morgan fingerprint density at radius 2 is 1.67 bits per heavy atom. The van der Waals surface area contributed by atoms with Gasteiger partial charge in [-0.25, -0.2) is 13.6 Å². The van der Waals surface area contributed by atoms with Gasteiger partial charge in [0.05, 0.1) is 4.90 Å². The minimum Gasteiger partial charge on any atom is -0.367 e. The van der Waals surface area contributed by atoms with Gasteiger partial charge in [-0.15, -0.1) is 0 Å². The zero-order chi connectivity index (χ0) is 23.8. The second-order valence-corrected chi connectivity index (χ2v) is 8.85. The summed E-state index contributed by atoms with van der Waals surface area (Å²) in [6.07, 6.45) is 1.51. The van der Waals surface area contributed by atoms with Crippen LogP contribution < -0.4 is 15.4 Å². The highest BCUT2D eigenvalue weighted by molar-refractivity contribution is 7.89. The molecule has 8 heteroatoms. The number of hydrogen-bond acceptors (Lipinski definition) is 5. The predicted octanol–water partition coefficient (Wildman–Crippen LogP) is 3.91. The van der Waals surface area contributed by atoms with E-state index in [-0.39, 0.29) is 10.5 Å². The molecule has 0 radical (unpaired) electrons. The van der Waals surface area contributed by atoms with Gasteiger partial charge in [-0.05, 0) is 60.5 Å². The lowest BCUT2D eigenvalue weighted by atomic mass is 10.1. The van der Waals surface area contributed by atoms with Crippen LogP contribution in [0.5, 0.6) is 0 Å². The van der Waals surface area contributed by atoms with Gasteiger partial charge < -0.3 is 10.2 Å². The van der Waals surface area contributed by atoms with Gasteiger partial charge >= 0.3 is 0 Å². The number of carbonyl (C=O) groups excluding carboxylic acids is 1. The van der Waals surface area contributed by atoms with Gasteiger partial charge in [-0.2, -0.15) is 5.26 Å². The highest BCUT2D eigenvalue weighted by Crippen LogP contribution is 2.20. The zero-order valence-corrected chi connectivity index (χ0v) is 18.9. The molecule has 0 atom stereocenters. The maximum absolute atomic E-state index is 12.5. The second-order valence-electron chi connectivity index (χ2n) is 7.28. The Morgan fingerprint density at radius 1 is 1.03 bits per heavy atom. The van der Waals surface area contributed by atoms with E-state index in [1.54, 1.807) is 0 Å². The van der Waals surface area contributed by atoms with E-state index in [1.807, 2.05) is 48.5 Å². The van der Waals surface area contributed by atoms with Gasteiger partial charge in [0.1, 0.15) is 11.6 Å². The fourth-order valence-corrected chi connectivity index (χ4v) is 3.73. The SMILES string of the molecule is CCN(Cc1ccccc1)c1ccc(/C=C(\C#N)C(=O)Nc2ccc(S(N)(=O)=O)cc2)cc1. The lowest BCUT2D eigenvalue weighted by Gasteiger charge is -2.23. The number of primary sulfonamides is 1. The monoisotopic (exact) mass is 460 g/mol. The minimum atomic E-state index is -3.82. The highest BCUT2D eigenvalue weighted by Gasteiger charge is 2.12. The molecule has 0 spiro atoms. The molecular formula is C25H24N4O3S. The molecule has 33 heavy (non-hydrogen) atoms. The number of sulfonamides is 1. The van der Waals surface area contributed by atoms with Crippen molar-refractivity contribution in [1.82, 2.24) is 0 Å². The van der Waals surface area contributed by atoms with Crippen molar-refractivity contribution in [3.05, 3.63) is 95.6 Å². The predicted molar refractivity (Wildman–Crippen MR) is 130 cm³/mol. The first-order chi connectivity index (χ1) is 15.8. The molecule has 1 amide bonds. The van der Waals surface area contributed by atoms with E-state index in [9.17, 15) is 18.5 Å². The van der Waals surface area contributed by atoms with Gasteiger partial charge in [-0.3, -0.25) is 4.79 Å². The summed E-state index contributed by atoms with van der Waals surface area (Å²) in [7, 11) is -3.82. The Morgan fingerprint density at radius 3 is 2.21 bits per heavy atom. The van der Waals surface area contributed by atoms with Gasteiger partial charge in [0, 0.05) is 24.5 Å². The smallest absolute Gasteiger partial charge is 0.266 e. The van der Waals surface area contributed by atoms with Crippen LogP contribution in [-0.2, 0) is 21.4 Å². The van der Waals surface area contributed by atoms with Crippen molar-refractivity contribution in [3.63, 3.8) is 0 Å². The summed E-state index contributed by atoms with van der Waals surface area (Å²) in [5, 5.41) is 17.1. The number of nitriles is 1. The normalized spacial score (nSPS) is 11.5. The molecule has 7 nitrogen and oxygen atoms in total. The first-order valence-corrected chi connectivity index (χ1v) is 11.8. The van der Waals surface area contributed by atoms with E-state index < -0.39 is 15.9 Å². The summed E-state index contributed by atoms with van der Waals surface area (Å²) in [6, 6.07) is 25.1. The molecule has 0 aromatic heterocycles. The average molecular weight is 461 g/mol. The van der Waals surface area contributed by atoms with Crippen molar-refractivity contribution in [1.29, 1.82) is 5.26 Å². The van der Waals surface area contributed by atoms with E-state index in [2.05, 4.69) is 29.3 Å². The number of amides is 1. The Labute approximate surface area is 193 Å². The molecule has 0 aliphatic rings. The van der Waals surface area contributed by atoms with Gasteiger partial charge in [0.2, 0.25) is 10.0 Å². The number of rotatable bonds is 8. The summed E-state index contributed by atoms with van der Waals surface area (Å²) < 4.78 is 22.7. The number of anilines is 2. The fourth-order valence-electron chi connectivity index (χ4n) is 3.21. The van der Waals surface area contributed by atoms with Crippen molar-refractivity contribution in [2.75, 3.05) is 16.8 Å². The number of carbonyl (C=O) groups is 1. The number of nitrogens with one attached hydrogen (secondary N) is 1. The van der Waals surface area contributed by atoms with Crippen LogP contribution in [-0.4, -0.2) is 20.9 Å². The van der Waals surface area contributed by atoms with Crippen molar-refractivity contribution >= 4 is 33.4 Å². The van der Waals surface area contributed by atoms with Crippen molar-refractivity contribution in [2.45, 2.75) is 18.4 Å². The van der Waals surface area contributed by atoms with Crippen LogP contribution >= 0.6 is 0 Å². The molecule has 3 aromatic rings. The maximum Gasteiger partial charge on any atom is 0.266 e. The third-order valence-corrected chi connectivity index (χ3v) is 5.90. The van der Waals surface area contributed by atoms with Crippen LogP contribution in [0.15, 0.2) is 89.3 Å². The van der Waals surface area contributed by atoms with Gasteiger partial charge in [-0.1, -0.05) is 42.5 Å². The van der Waals surface area contributed by atoms with Gasteiger partial charge in [0.25, 0.3) is 5.91 Å². The molecule has 3 aromatic carbocycles. The molecule has 0 heterocycles. The minimum absolute atomic E-state index is 0.0648. The molecule has 0 bridgehead atoms. The molecule has 0 aliphatic heterocycles. The van der Waals surface area contributed by atoms with Crippen LogP contribution in [0.4, 0.5) is 11.4 Å². The van der Waals surface area contributed by atoms with E-state index in [1.165, 1.54) is 35.9 Å². The molecule has 0 saturated heterocycles. The van der Waals surface area contributed by atoms with Crippen molar-refractivity contribution in [3.8, 4) is 6.07 Å². The van der Waals surface area contributed by atoms with Gasteiger partial charge in [0.15, 0.2) is 0 Å². The molecule has 168 valence electrons. The number of nitrogens with zero attached hydrogens (tertiary/aromatic N) is 2. The third-order valence-electron chi connectivity index (χ3n) is 4.97. The highest BCUT2D eigenvalue weighted by atomic mass is 32.2. The topological polar surface area (TPSA) is 116 Å². The standard InChI is InChI=1S/C25H24N4O3S/c1-2-29(18-20-6-4-3-5-7-20)23-12-8-19(9-13-23)16-21(17-26)25(30)28-22-10-14-24(15-11-22)33(27,31)32/h3-16H,2,18H2,1H3,(H,28,30)(H2,27,31,32)/b21-16+. The first-order valence-electron chi connectivity index (χ1n) is 10.2. The fraction of sp³-hybridized carbons (Fsp3) is 0.120. The molecule has 3 N–H and O–H groups in total. The van der Waals surface area contributed by atoms with Crippen LogP contribution in [0.2, 0.25) is 0 Å². The average Bonchev–Trinajstić information content (AvgIpc) is 2.82. The van der Waals surface area contributed by atoms with Crippen molar-refractivity contribution in [2.24, 2.45) is 5.14 Å². The lowest BCUT2D eigenvalue weighted by molar-refractivity contribution is -0.112. The lowest BCUT2D eigenvalue weighted by Crippen LogP contribution is -2.21. The molecular weight excluding hydrogens is 436 g/mol. The van der Waals surface area contributed by atoms with Crippen LogP contribution in [0.25, 0.3) is 6.08 Å². The van der Waals surface area contributed by atoms with E-state index in [0.717, 1.165) is 18.8 Å².